The summed E-state index contributed by atoms with van der Waals surface area (Å²) in [6.07, 6.45) is 2.48. The third-order valence-electron chi connectivity index (χ3n) is 13.7. The second kappa shape index (κ2) is 15.4. The lowest BCUT2D eigenvalue weighted by Gasteiger charge is -2.55. The number of β-lactam (4-membered cyclic amide) rings is 1. The smallest absolute Gasteiger partial charge is 0.263 e. The predicted molar refractivity (Wildman–Crippen MR) is 213 cm³/mol. The molecule has 15 heteroatoms. The summed E-state index contributed by atoms with van der Waals surface area (Å²) in [5.74, 6) is -1.03. The highest BCUT2D eigenvalue weighted by atomic mass is 19.3. The summed E-state index contributed by atoms with van der Waals surface area (Å²) in [5.41, 5.74) is 2.50. The molecule has 2 atom stereocenters. The Kier molecular flexibility index (Phi) is 10.2. The van der Waals surface area contributed by atoms with Crippen LogP contribution in [0.2, 0.25) is 0 Å². The van der Waals surface area contributed by atoms with E-state index in [1.807, 2.05) is 12.1 Å². The normalized spacial score (nSPS) is 23.7. The summed E-state index contributed by atoms with van der Waals surface area (Å²) in [7, 11) is 1.52. The number of fused-ring (bicyclic) bond motifs is 1. The number of piperidine rings is 2. The molecule has 6 aliphatic rings. The fourth-order valence-corrected chi connectivity index (χ4v) is 10.6. The molecule has 312 valence electrons. The Morgan fingerprint density at radius 2 is 1.63 bits per heavy atom. The van der Waals surface area contributed by atoms with Gasteiger partial charge in [-0.25, -0.2) is 13.2 Å². The lowest BCUT2D eigenvalue weighted by atomic mass is 9.66. The number of methoxy groups -OCH3 is 1. The molecule has 5 aliphatic heterocycles. The van der Waals surface area contributed by atoms with Gasteiger partial charge in [0.25, 0.3) is 12.3 Å². The summed E-state index contributed by atoms with van der Waals surface area (Å²) in [5, 5.41) is 13.1. The number of anilines is 3. The van der Waals surface area contributed by atoms with E-state index in [1.54, 1.807) is 11.0 Å². The number of imide groups is 1. The first-order chi connectivity index (χ1) is 28.4. The van der Waals surface area contributed by atoms with Crippen molar-refractivity contribution in [3.63, 3.8) is 0 Å². The number of hydrogen-bond donors (Lipinski definition) is 2. The zero-order valence-electron chi connectivity index (χ0n) is 33.1. The zero-order chi connectivity index (χ0) is 41.2. The minimum atomic E-state index is -2.77. The molecule has 2 N–H and O–H groups in total. The minimum Gasteiger partial charge on any atom is -0.506 e. The number of benzene rings is 3. The van der Waals surface area contributed by atoms with Crippen LogP contribution in [0.4, 0.5) is 30.2 Å². The van der Waals surface area contributed by atoms with E-state index in [-0.39, 0.29) is 35.4 Å². The van der Waals surface area contributed by atoms with E-state index in [2.05, 4.69) is 26.1 Å². The first-order valence-corrected chi connectivity index (χ1v) is 20.8. The van der Waals surface area contributed by atoms with Crippen molar-refractivity contribution < 1.29 is 42.2 Å². The molecule has 12 nitrogen and oxygen atoms in total. The minimum absolute atomic E-state index is 0.123. The van der Waals surface area contributed by atoms with E-state index >= 15 is 4.39 Å². The third-order valence-corrected chi connectivity index (χ3v) is 13.7. The van der Waals surface area contributed by atoms with Gasteiger partial charge in [0.15, 0.2) is 0 Å². The fraction of sp³-hybridized carbons (Fsp3) is 0.500. The van der Waals surface area contributed by atoms with Gasteiger partial charge in [-0.2, -0.15) is 0 Å². The topological polar surface area (TPSA) is 126 Å². The summed E-state index contributed by atoms with van der Waals surface area (Å²) in [6.45, 7) is 6.11. The number of nitrogens with one attached hydrogen (secondary N) is 1. The van der Waals surface area contributed by atoms with Gasteiger partial charge in [0, 0.05) is 87.2 Å². The van der Waals surface area contributed by atoms with Crippen molar-refractivity contribution in [2.75, 3.05) is 67.6 Å². The third kappa shape index (κ3) is 6.84. The number of ether oxygens (including phenoxy) is 1. The SMILES string of the molecule is COc1cc(N2CCC(CN3CCN(c4ccc5c(c4)CN([C@H]4CCC(=O)NC4=O)C5=O)CC3)CC2)c(F)cc1[C@@H]1N(c2ccc(C(F)F)cc2O)C(=O)C12CCCC2. The molecule has 0 radical (unpaired) electrons. The van der Waals surface area contributed by atoms with Crippen LogP contribution in [0.1, 0.15) is 90.9 Å². The highest BCUT2D eigenvalue weighted by Crippen LogP contribution is 2.62. The van der Waals surface area contributed by atoms with Crippen molar-refractivity contribution in [3.05, 3.63) is 76.6 Å². The second-order valence-electron chi connectivity index (χ2n) is 17.0. The second-order valence-corrected chi connectivity index (χ2v) is 17.0. The van der Waals surface area contributed by atoms with Gasteiger partial charge in [-0.3, -0.25) is 34.3 Å². The van der Waals surface area contributed by atoms with Crippen molar-refractivity contribution >= 4 is 40.7 Å². The number of carbonyl (C=O) groups is 4. The number of aromatic hydroxyl groups is 1. The summed E-state index contributed by atoms with van der Waals surface area (Å²) >= 11 is 0. The van der Waals surface area contributed by atoms with E-state index in [0.717, 1.165) is 75.7 Å². The number of halogens is 3. The van der Waals surface area contributed by atoms with Gasteiger partial charge in [0.05, 0.1) is 29.9 Å². The van der Waals surface area contributed by atoms with Crippen LogP contribution in [-0.4, -0.2) is 97.5 Å². The van der Waals surface area contributed by atoms with Crippen molar-refractivity contribution in [1.82, 2.24) is 15.1 Å². The highest BCUT2D eigenvalue weighted by Gasteiger charge is 2.63. The molecule has 1 aliphatic carbocycles. The number of phenolic OH excluding ortho intramolecular Hbond substituents is 1. The monoisotopic (exact) mass is 814 g/mol. The average Bonchev–Trinajstić information content (AvgIpc) is 3.87. The van der Waals surface area contributed by atoms with E-state index in [4.69, 9.17) is 4.74 Å². The number of hydrogen-bond acceptors (Lipinski definition) is 9. The van der Waals surface area contributed by atoms with Crippen molar-refractivity contribution in [1.29, 1.82) is 0 Å². The highest BCUT2D eigenvalue weighted by molar-refractivity contribution is 6.08. The molecule has 0 bridgehead atoms. The van der Waals surface area contributed by atoms with E-state index in [0.29, 0.717) is 67.4 Å². The molecule has 9 rings (SSSR count). The molecule has 5 heterocycles. The van der Waals surface area contributed by atoms with Crippen molar-refractivity contribution in [2.24, 2.45) is 11.3 Å². The first-order valence-electron chi connectivity index (χ1n) is 20.8. The molecule has 4 saturated heterocycles. The molecule has 1 saturated carbocycles. The van der Waals surface area contributed by atoms with Crippen LogP contribution in [0.25, 0.3) is 0 Å². The van der Waals surface area contributed by atoms with Crippen LogP contribution in [0, 0.1) is 17.2 Å². The Bertz CT molecular complexity index is 2180. The van der Waals surface area contributed by atoms with Gasteiger partial charge in [-0.05, 0) is 80.0 Å². The Labute approximate surface area is 340 Å². The molecule has 3 aromatic carbocycles. The van der Waals surface area contributed by atoms with Gasteiger partial charge < -0.3 is 24.5 Å². The molecule has 5 fully saturated rings. The summed E-state index contributed by atoms with van der Waals surface area (Å²) in [6, 6.07) is 11.3. The number of rotatable bonds is 9. The molecule has 59 heavy (non-hydrogen) atoms. The van der Waals surface area contributed by atoms with Gasteiger partial charge in [-0.15, -0.1) is 0 Å². The summed E-state index contributed by atoms with van der Waals surface area (Å²) in [4.78, 5) is 60.9. The lowest BCUT2D eigenvalue weighted by molar-refractivity contribution is -0.140. The first kappa shape index (κ1) is 39.2. The maximum Gasteiger partial charge on any atom is 0.263 e. The largest absolute Gasteiger partial charge is 0.506 e. The molecule has 3 aromatic rings. The number of amides is 4. The average molecular weight is 815 g/mol. The van der Waals surface area contributed by atoms with Crippen LogP contribution < -0.4 is 24.8 Å². The van der Waals surface area contributed by atoms with Crippen LogP contribution in [-0.2, 0) is 20.9 Å². The van der Waals surface area contributed by atoms with Crippen LogP contribution in [0.5, 0.6) is 11.5 Å². The lowest BCUT2D eigenvalue weighted by Crippen LogP contribution is -2.62. The number of piperazine rings is 1. The zero-order valence-corrected chi connectivity index (χ0v) is 33.1. The maximum atomic E-state index is 16.3. The summed E-state index contributed by atoms with van der Waals surface area (Å²) < 4.78 is 48.9. The van der Waals surface area contributed by atoms with Crippen LogP contribution >= 0.6 is 0 Å². The molecular formula is C44H49F3N6O6. The Morgan fingerprint density at radius 1 is 0.881 bits per heavy atom. The van der Waals surface area contributed by atoms with Crippen LogP contribution in [0.15, 0.2) is 48.5 Å². The molecule has 0 aromatic heterocycles. The van der Waals surface area contributed by atoms with Crippen molar-refractivity contribution in [3.8, 4) is 11.5 Å². The number of phenols is 1. The van der Waals surface area contributed by atoms with E-state index in [1.165, 1.54) is 30.2 Å². The standard InChI is InChI=1S/C44H49F3N6O6/c1-59-37-23-35(32(45)22-31(37)39-44(12-2-3-13-44)43(58)53(39)33-7-4-27(40(46)47)21-36(33)54)51-14-10-26(11-15-51)24-49-16-18-50(19-17-49)29-5-6-30-28(20-29)25-52(42(30)57)34-8-9-38(55)48-41(34)56/h4-7,20-23,26,34,39-40,54H,2-3,8-19,24-25H2,1H3,(H,48,55,56)/t34-,39-/m0/s1. The molecule has 4 amide bonds. The molecular weight excluding hydrogens is 766 g/mol. The van der Waals surface area contributed by atoms with Gasteiger partial charge >= 0.3 is 0 Å². The fourth-order valence-electron chi connectivity index (χ4n) is 10.6. The number of alkyl halides is 2. The Balaban J connectivity index is 0.818. The maximum absolute atomic E-state index is 16.3. The Hall–Kier alpha value is -5.31. The quantitative estimate of drug-likeness (QED) is 0.200. The number of carbonyl (C=O) groups excluding carboxylic acids is 4. The molecule has 0 unspecified atom stereocenters. The van der Waals surface area contributed by atoms with Gasteiger partial charge in [0.1, 0.15) is 23.4 Å². The predicted octanol–water partition coefficient (Wildman–Crippen LogP) is 5.93. The van der Waals surface area contributed by atoms with Gasteiger partial charge in [-0.1, -0.05) is 18.9 Å². The van der Waals surface area contributed by atoms with Gasteiger partial charge in [0.2, 0.25) is 17.7 Å². The molecule has 1 spiro atoms. The van der Waals surface area contributed by atoms with Crippen molar-refractivity contribution in [2.45, 2.75) is 76.4 Å². The van der Waals surface area contributed by atoms with E-state index < -0.39 is 41.4 Å². The van der Waals surface area contributed by atoms with Crippen LogP contribution in [0.3, 0.4) is 0 Å². The Morgan fingerprint density at radius 3 is 2.31 bits per heavy atom. The number of nitrogens with zero attached hydrogens (tertiary/aromatic N) is 5. The van der Waals surface area contributed by atoms with E-state index in [9.17, 15) is 33.1 Å².